The van der Waals surface area contributed by atoms with Crippen molar-refractivity contribution in [2.24, 2.45) is 0 Å². The fourth-order valence-electron chi connectivity index (χ4n) is 1.42. The number of allylic oxidation sites excluding steroid dienone is 4. The van der Waals surface area contributed by atoms with Gasteiger partial charge < -0.3 is 9.84 Å². The van der Waals surface area contributed by atoms with Crippen molar-refractivity contribution in [3.8, 4) is 0 Å². The first-order valence-corrected chi connectivity index (χ1v) is 5.52. The second-order valence-electron chi connectivity index (χ2n) is 3.93. The van der Waals surface area contributed by atoms with Crippen molar-refractivity contribution in [1.82, 2.24) is 0 Å². The van der Waals surface area contributed by atoms with E-state index in [9.17, 15) is 27.1 Å². The van der Waals surface area contributed by atoms with Crippen LogP contribution in [0, 0.1) is 0 Å². The molecule has 0 aliphatic heterocycles. The van der Waals surface area contributed by atoms with Crippen molar-refractivity contribution >= 4 is 0 Å². The molecule has 1 unspecified atom stereocenters. The molecule has 1 rings (SSSR count). The fraction of sp³-hybridized carbons (Fsp3) is 0.500. The van der Waals surface area contributed by atoms with Gasteiger partial charge in [-0.2, -0.15) is 13.2 Å². The lowest BCUT2D eigenvalue weighted by atomic mass is 10.0. The average Bonchev–Trinajstić information content (AvgIpc) is 2.25. The van der Waals surface area contributed by atoms with Gasteiger partial charge in [0.1, 0.15) is 6.10 Å². The first kappa shape index (κ1) is 15.7. The highest BCUT2D eigenvalue weighted by Crippen LogP contribution is 2.22. The molecule has 0 radical (unpaired) electrons. The molecule has 1 N–H and O–H groups in total. The van der Waals surface area contributed by atoms with E-state index in [1.54, 1.807) is 6.08 Å². The summed E-state index contributed by atoms with van der Waals surface area (Å²) in [6, 6.07) is 0. The first-order chi connectivity index (χ1) is 8.79. The highest BCUT2D eigenvalue weighted by molar-refractivity contribution is 5.31. The van der Waals surface area contributed by atoms with E-state index in [2.05, 4.69) is 4.74 Å². The van der Waals surface area contributed by atoms with Crippen molar-refractivity contribution < 1.29 is 31.8 Å². The van der Waals surface area contributed by atoms with Crippen LogP contribution in [-0.4, -0.2) is 30.4 Å². The molecule has 0 aromatic heterocycles. The molecule has 7 heteroatoms. The summed E-state index contributed by atoms with van der Waals surface area (Å²) in [7, 11) is 0. The number of hydrogen-bond donors (Lipinski definition) is 1. The summed E-state index contributed by atoms with van der Waals surface area (Å²) in [5.74, 6) is -0.0763. The van der Waals surface area contributed by atoms with Gasteiger partial charge in [-0.3, -0.25) is 0 Å². The second-order valence-corrected chi connectivity index (χ2v) is 3.93. The Morgan fingerprint density at radius 3 is 2.58 bits per heavy atom. The van der Waals surface area contributed by atoms with Crippen molar-refractivity contribution in [2.45, 2.75) is 31.5 Å². The van der Waals surface area contributed by atoms with Gasteiger partial charge in [-0.15, -0.1) is 0 Å². The second kappa shape index (κ2) is 6.70. The average molecular weight is 284 g/mol. The standard InChI is InChI=1S/C12H13F5O2/c13-11(14)10(18)8-4-2-1-3-5-9(6-8)19-7-12(15,16)17/h1-2,4,6,10-11,18H,3,5,7H2/b2-1-,8-4+,9-6+. The minimum absolute atomic E-state index is 0.0763. The monoisotopic (exact) mass is 284 g/mol. The summed E-state index contributed by atoms with van der Waals surface area (Å²) in [5, 5.41) is 9.24. The number of aliphatic hydroxyl groups is 1. The third kappa shape index (κ3) is 5.87. The zero-order valence-corrected chi connectivity index (χ0v) is 9.83. The number of ether oxygens (including phenoxy) is 1. The molecule has 19 heavy (non-hydrogen) atoms. The van der Waals surface area contributed by atoms with Crippen LogP contribution in [0.15, 0.2) is 35.6 Å². The van der Waals surface area contributed by atoms with Crippen molar-refractivity contribution in [2.75, 3.05) is 6.61 Å². The van der Waals surface area contributed by atoms with E-state index in [0.29, 0.717) is 6.42 Å². The molecule has 1 atom stereocenters. The summed E-state index contributed by atoms with van der Waals surface area (Å²) in [6.45, 7) is -1.49. The van der Waals surface area contributed by atoms with E-state index in [1.165, 1.54) is 12.2 Å². The van der Waals surface area contributed by atoms with Crippen LogP contribution >= 0.6 is 0 Å². The van der Waals surface area contributed by atoms with Crippen molar-refractivity contribution in [3.05, 3.63) is 35.6 Å². The molecule has 0 spiro atoms. The summed E-state index contributed by atoms with van der Waals surface area (Å²) in [4.78, 5) is 0. The van der Waals surface area contributed by atoms with Gasteiger partial charge in [0.05, 0.1) is 5.76 Å². The molecule has 1 aliphatic carbocycles. The van der Waals surface area contributed by atoms with E-state index in [1.807, 2.05) is 0 Å². The van der Waals surface area contributed by atoms with Gasteiger partial charge in [0, 0.05) is 6.42 Å². The summed E-state index contributed by atoms with van der Waals surface area (Å²) in [6.07, 6.45) is -3.65. The highest BCUT2D eigenvalue weighted by atomic mass is 19.4. The molecule has 2 nitrogen and oxygen atoms in total. The van der Waals surface area contributed by atoms with Crippen LogP contribution in [0.2, 0.25) is 0 Å². The minimum atomic E-state index is -4.50. The molecule has 0 amide bonds. The molecule has 0 fully saturated rings. The van der Waals surface area contributed by atoms with Gasteiger partial charge in [-0.05, 0) is 18.1 Å². The maximum atomic E-state index is 12.4. The SMILES string of the molecule is OC(C1=C/C=C\CC/C(OCC(F)(F)F)=C\1)C(F)F. The molecule has 0 bridgehead atoms. The largest absolute Gasteiger partial charge is 0.488 e. The van der Waals surface area contributed by atoms with Crippen LogP contribution in [0.5, 0.6) is 0 Å². The smallest absolute Gasteiger partial charge is 0.422 e. The predicted molar refractivity (Wildman–Crippen MR) is 58.6 cm³/mol. The molecule has 0 aromatic carbocycles. The summed E-state index contributed by atoms with van der Waals surface area (Å²) < 4.78 is 65.4. The molecular weight excluding hydrogens is 271 g/mol. The Labute approximate surface area is 106 Å². The van der Waals surface area contributed by atoms with E-state index >= 15 is 0 Å². The maximum absolute atomic E-state index is 12.4. The first-order valence-electron chi connectivity index (χ1n) is 5.52. The van der Waals surface area contributed by atoms with Crippen molar-refractivity contribution in [3.63, 3.8) is 0 Å². The van der Waals surface area contributed by atoms with Gasteiger partial charge in [0.2, 0.25) is 0 Å². The maximum Gasteiger partial charge on any atom is 0.422 e. The van der Waals surface area contributed by atoms with E-state index in [4.69, 9.17) is 0 Å². The Morgan fingerprint density at radius 2 is 2.00 bits per heavy atom. The highest BCUT2D eigenvalue weighted by Gasteiger charge is 2.29. The normalized spacial score (nSPS) is 25.6. The third-order valence-electron chi connectivity index (χ3n) is 2.31. The van der Waals surface area contributed by atoms with E-state index < -0.39 is 25.3 Å². The third-order valence-corrected chi connectivity index (χ3v) is 2.31. The Morgan fingerprint density at radius 1 is 1.32 bits per heavy atom. The van der Waals surface area contributed by atoms with Crippen LogP contribution in [0.3, 0.4) is 0 Å². The zero-order valence-electron chi connectivity index (χ0n) is 9.83. The summed E-state index contributed by atoms with van der Waals surface area (Å²) in [5.41, 5.74) is -0.178. The Balaban J connectivity index is 2.82. The molecule has 0 saturated heterocycles. The van der Waals surface area contributed by atoms with Crippen LogP contribution in [0.1, 0.15) is 12.8 Å². The van der Waals surface area contributed by atoms with Gasteiger partial charge >= 0.3 is 6.18 Å². The van der Waals surface area contributed by atoms with Gasteiger partial charge in [-0.25, -0.2) is 8.78 Å². The Hall–Kier alpha value is -1.37. The number of alkyl halides is 5. The van der Waals surface area contributed by atoms with Crippen LogP contribution in [0.4, 0.5) is 22.0 Å². The zero-order chi connectivity index (χ0) is 14.5. The molecular formula is C12H13F5O2. The van der Waals surface area contributed by atoms with E-state index in [-0.39, 0.29) is 17.8 Å². The van der Waals surface area contributed by atoms with Gasteiger partial charge in [0.25, 0.3) is 6.43 Å². The van der Waals surface area contributed by atoms with Crippen LogP contribution in [0.25, 0.3) is 0 Å². The molecule has 0 heterocycles. The van der Waals surface area contributed by atoms with Gasteiger partial charge in [0.15, 0.2) is 6.61 Å². The number of hydrogen-bond acceptors (Lipinski definition) is 2. The molecule has 108 valence electrons. The molecule has 0 aromatic rings. The lowest BCUT2D eigenvalue weighted by Crippen LogP contribution is -2.20. The van der Waals surface area contributed by atoms with Crippen LogP contribution in [-0.2, 0) is 4.74 Å². The quantitative estimate of drug-likeness (QED) is 0.802. The number of rotatable bonds is 4. The van der Waals surface area contributed by atoms with Crippen LogP contribution < -0.4 is 0 Å². The lowest BCUT2D eigenvalue weighted by Gasteiger charge is -2.16. The topological polar surface area (TPSA) is 29.5 Å². The van der Waals surface area contributed by atoms with Gasteiger partial charge in [-0.1, -0.05) is 18.2 Å². The number of aliphatic hydroxyl groups excluding tert-OH is 1. The van der Waals surface area contributed by atoms with Crippen molar-refractivity contribution in [1.29, 1.82) is 0 Å². The fourth-order valence-corrected chi connectivity index (χ4v) is 1.42. The number of halogens is 5. The molecule has 1 aliphatic rings. The summed E-state index contributed by atoms with van der Waals surface area (Å²) >= 11 is 0. The predicted octanol–water partition coefficient (Wildman–Crippen LogP) is 3.35. The Bertz CT molecular complexity index is 382. The minimum Gasteiger partial charge on any atom is -0.488 e. The Kier molecular flexibility index (Phi) is 5.53. The van der Waals surface area contributed by atoms with E-state index in [0.717, 1.165) is 6.08 Å². The lowest BCUT2D eigenvalue weighted by molar-refractivity contribution is -0.165. The molecule has 0 saturated carbocycles.